The molecule has 0 bridgehead atoms. The van der Waals surface area contributed by atoms with Gasteiger partial charge in [-0.3, -0.25) is 14.0 Å². The first-order valence-electron chi connectivity index (χ1n) is 5.76. The second-order valence-electron chi connectivity index (χ2n) is 4.55. The topological polar surface area (TPSA) is 76.6 Å². The zero-order chi connectivity index (χ0) is 15.8. The van der Waals surface area contributed by atoms with Gasteiger partial charge in [-0.15, -0.1) is 0 Å². The molecule has 1 fully saturated rings. The third-order valence-electron chi connectivity index (χ3n) is 2.80. The lowest BCUT2D eigenvalue weighted by Gasteiger charge is -2.38. The summed E-state index contributed by atoms with van der Waals surface area (Å²) in [6.07, 6.45) is -2.74. The van der Waals surface area contributed by atoms with Gasteiger partial charge in [0.05, 0.1) is 30.5 Å². The molecule has 2 heterocycles. The molecule has 0 radical (unpaired) electrons. The molecule has 1 saturated heterocycles. The Bertz CT molecular complexity index is 654. The fourth-order valence-corrected chi connectivity index (χ4v) is 2.51. The molecule has 0 N–H and O–H groups in total. The van der Waals surface area contributed by atoms with Crippen LogP contribution in [0.3, 0.4) is 0 Å². The van der Waals surface area contributed by atoms with Gasteiger partial charge < -0.3 is 4.90 Å². The predicted octanol–water partition coefficient (Wildman–Crippen LogP) is 0.901. The van der Waals surface area contributed by atoms with E-state index < -0.39 is 39.4 Å². The number of alkyl halides is 3. The van der Waals surface area contributed by atoms with E-state index >= 15 is 0 Å². The number of hydrogen-bond acceptors (Lipinski definition) is 5. The number of halogens is 3. The molecule has 6 nitrogen and oxygen atoms in total. The number of carbonyl (C=O) groups is 1. The van der Waals surface area contributed by atoms with Gasteiger partial charge >= 0.3 is 6.18 Å². The average molecular weight is 324 g/mol. The maximum atomic E-state index is 12.8. The van der Waals surface area contributed by atoms with Crippen LogP contribution in [0, 0.1) is 0 Å². The number of hydrogen-bond donors (Lipinski definition) is 0. The summed E-state index contributed by atoms with van der Waals surface area (Å²) in [6.45, 7) is -0.170. The van der Waals surface area contributed by atoms with Gasteiger partial charge in [-0.2, -0.15) is 21.6 Å². The number of amides is 1. The fraction of sp³-hybridized carbons (Fsp3) is 0.455. The molecular weight excluding hydrogens is 313 g/mol. The first-order chi connectivity index (χ1) is 9.58. The quantitative estimate of drug-likeness (QED) is 0.772. The molecule has 1 amide bonds. The molecule has 1 aromatic rings. The summed E-state index contributed by atoms with van der Waals surface area (Å²) in [6, 6.07) is 0.720. The highest BCUT2D eigenvalue weighted by molar-refractivity contribution is 7.86. The maximum Gasteiger partial charge on any atom is 0.417 e. The van der Waals surface area contributed by atoms with E-state index in [1.165, 1.54) is 0 Å². The van der Waals surface area contributed by atoms with Crippen molar-refractivity contribution in [1.82, 2.24) is 9.88 Å². The van der Waals surface area contributed by atoms with Crippen molar-refractivity contribution in [2.75, 3.05) is 19.3 Å². The molecule has 0 aromatic carbocycles. The van der Waals surface area contributed by atoms with Crippen LogP contribution in [-0.2, 0) is 20.5 Å². The zero-order valence-electron chi connectivity index (χ0n) is 10.8. The Morgan fingerprint density at radius 1 is 1.43 bits per heavy atom. The summed E-state index contributed by atoms with van der Waals surface area (Å²) < 4.78 is 64.8. The van der Waals surface area contributed by atoms with Crippen LogP contribution in [-0.4, -0.2) is 49.7 Å². The third-order valence-corrected chi connectivity index (χ3v) is 3.42. The van der Waals surface area contributed by atoms with E-state index in [-0.39, 0.29) is 13.1 Å². The van der Waals surface area contributed by atoms with Gasteiger partial charge in [-0.1, -0.05) is 0 Å². The van der Waals surface area contributed by atoms with E-state index in [9.17, 15) is 26.4 Å². The van der Waals surface area contributed by atoms with Crippen molar-refractivity contribution >= 4 is 16.0 Å². The summed E-state index contributed by atoms with van der Waals surface area (Å²) in [5.41, 5.74) is -1.64. The fourth-order valence-electron chi connectivity index (χ4n) is 1.89. The van der Waals surface area contributed by atoms with Crippen molar-refractivity contribution in [3.63, 3.8) is 0 Å². The van der Waals surface area contributed by atoms with Crippen LogP contribution in [0.5, 0.6) is 0 Å². The van der Waals surface area contributed by atoms with Gasteiger partial charge in [0.15, 0.2) is 0 Å². The Hall–Kier alpha value is -1.68. The molecule has 0 saturated carbocycles. The number of aromatic nitrogens is 1. The van der Waals surface area contributed by atoms with Gasteiger partial charge in [0.2, 0.25) is 0 Å². The molecule has 2 rings (SSSR count). The van der Waals surface area contributed by atoms with Gasteiger partial charge in [0, 0.05) is 12.4 Å². The Kier molecular flexibility index (Phi) is 3.93. The van der Waals surface area contributed by atoms with Crippen LogP contribution in [0.15, 0.2) is 18.5 Å². The minimum absolute atomic E-state index is 0.0852. The van der Waals surface area contributed by atoms with Crippen molar-refractivity contribution in [3.05, 3.63) is 29.6 Å². The van der Waals surface area contributed by atoms with Crippen LogP contribution in [0.4, 0.5) is 13.2 Å². The largest absolute Gasteiger partial charge is 0.417 e. The minimum Gasteiger partial charge on any atom is -0.333 e. The molecule has 0 atom stereocenters. The highest BCUT2D eigenvalue weighted by Crippen LogP contribution is 2.32. The molecule has 1 aliphatic rings. The van der Waals surface area contributed by atoms with Crippen molar-refractivity contribution < 1.29 is 30.6 Å². The van der Waals surface area contributed by atoms with Crippen LogP contribution < -0.4 is 0 Å². The number of likely N-dealkylation sites (tertiary alicyclic amines) is 1. The predicted molar refractivity (Wildman–Crippen MR) is 64.9 cm³/mol. The highest BCUT2D eigenvalue weighted by atomic mass is 32.2. The summed E-state index contributed by atoms with van der Waals surface area (Å²) in [5.74, 6) is -0.858. The Balaban J connectivity index is 2.10. The smallest absolute Gasteiger partial charge is 0.333 e. The highest BCUT2D eigenvalue weighted by Gasteiger charge is 2.40. The van der Waals surface area contributed by atoms with E-state index in [4.69, 9.17) is 0 Å². The summed E-state index contributed by atoms with van der Waals surface area (Å²) in [7, 11) is -3.66. The second-order valence-corrected chi connectivity index (χ2v) is 6.15. The standard InChI is InChI=1S/C11H11F3N2O4S/c1-21(18,19)20-7-5-16(6-7)10(17)8-4-15-3-2-9(8)11(12,13)14/h2-4,7H,5-6H2,1H3. The van der Waals surface area contributed by atoms with Crippen LogP contribution in [0.25, 0.3) is 0 Å². The van der Waals surface area contributed by atoms with Crippen molar-refractivity contribution in [2.24, 2.45) is 0 Å². The third kappa shape index (κ3) is 3.70. The van der Waals surface area contributed by atoms with Crippen LogP contribution >= 0.6 is 0 Å². The maximum absolute atomic E-state index is 12.8. The SMILES string of the molecule is CS(=O)(=O)OC1CN(C(=O)c2cnccc2C(F)(F)F)C1. The lowest BCUT2D eigenvalue weighted by molar-refractivity contribution is -0.138. The van der Waals surface area contributed by atoms with Crippen LogP contribution in [0.1, 0.15) is 15.9 Å². The second kappa shape index (κ2) is 5.26. The van der Waals surface area contributed by atoms with E-state index in [2.05, 4.69) is 9.17 Å². The summed E-state index contributed by atoms with van der Waals surface area (Å²) in [4.78, 5) is 16.6. The molecule has 1 aromatic heterocycles. The monoisotopic (exact) mass is 324 g/mol. The average Bonchev–Trinajstić information content (AvgIpc) is 2.30. The zero-order valence-corrected chi connectivity index (χ0v) is 11.6. The Labute approximate surface area is 118 Å². The van der Waals surface area contributed by atoms with Gasteiger partial charge in [-0.25, -0.2) is 0 Å². The van der Waals surface area contributed by atoms with Crippen LogP contribution in [0.2, 0.25) is 0 Å². The molecule has 0 spiro atoms. The Morgan fingerprint density at radius 3 is 2.57 bits per heavy atom. The van der Waals surface area contributed by atoms with Gasteiger partial charge in [0.1, 0.15) is 6.10 Å². The number of carbonyl (C=O) groups excluding carboxylic acids is 1. The van der Waals surface area contributed by atoms with E-state index in [1.54, 1.807) is 0 Å². The summed E-state index contributed by atoms with van der Waals surface area (Å²) in [5, 5.41) is 0. The van der Waals surface area contributed by atoms with E-state index in [0.717, 1.165) is 29.6 Å². The lowest BCUT2D eigenvalue weighted by Crippen LogP contribution is -2.55. The number of rotatable bonds is 3. The van der Waals surface area contributed by atoms with Gasteiger partial charge in [-0.05, 0) is 6.07 Å². The van der Waals surface area contributed by atoms with Gasteiger partial charge in [0.25, 0.3) is 16.0 Å². The van der Waals surface area contributed by atoms with Crippen molar-refractivity contribution in [2.45, 2.75) is 12.3 Å². The molecule has 116 valence electrons. The molecule has 0 aliphatic carbocycles. The lowest BCUT2D eigenvalue weighted by atomic mass is 10.1. The first-order valence-corrected chi connectivity index (χ1v) is 7.58. The molecule has 10 heteroatoms. The number of nitrogens with zero attached hydrogens (tertiary/aromatic N) is 2. The first kappa shape index (κ1) is 15.7. The number of pyridine rings is 1. The minimum atomic E-state index is -4.67. The van der Waals surface area contributed by atoms with Crippen molar-refractivity contribution in [1.29, 1.82) is 0 Å². The molecule has 0 unspecified atom stereocenters. The van der Waals surface area contributed by atoms with Crippen molar-refractivity contribution in [3.8, 4) is 0 Å². The molecular formula is C11H11F3N2O4S. The van der Waals surface area contributed by atoms with E-state index in [1.807, 2.05) is 0 Å². The van der Waals surface area contributed by atoms with E-state index in [0.29, 0.717) is 0 Å². The normalized spacial score (nSPS) is 16.7. The summed E-state index contributed by atoms with van der Waals surface area (Å²) >= 11 is 0. The molecule has 1 aliphatic heterocycles. The molecule has 21 heavy (non-hydrogen) atoms. The Morgan fingerprint density at radius 2 is 2.05 bits per heavy atom.